The van der Waals surface area contributed by atoms with Gasteiger partial charge in [0.2, 0.25) is 11.8 Å². The van der Waals surface area contributed by atoms with Crippen molar-refractivity contribution >= 4 is 50.8 Å². The van der Waals surface area contributed by atoms with Gasteiger partial charge in [0.05, 0.1) is 27.7 Å². The summed E-state index contributed by atoms with van der Waals surface area (Å²) in [4.78, 5) is 32.1. The second-order valence-electron chi connectivity index (χ2n) is 6.12. The van der Waals surface area contributed by atoms with E-state index in [0.717, 1.165) is 25.8 Å². The van der Waals surface area contributed by atoms with Gasteiger partial charge < -0.3 is 10.2 Å². The van der Waals surface area contributed by atoms with Gasteiger partial charge in [0.1, 0.15) is 5.01 Å². The van der Waals surface area contributed by atoms with Crippen LogP contribution in [-0.4, -0.2) is 34.0 Å². The maximum absolute atomic E-state index is 12.6. The van der Waals surface area contributed by atoms with Crippen molar-refractivity contribution < 1.29 is 9.59 Å². The summed E-state index contributed by atoms with van der Waals surface area (Å²) in [5, 5.41) is 3.37. The molecule has 1 aliphatic heterocycles. The van der Waals surface area contributed by atoms with E-state index in [2.05, 4.69) is 10.3 Å². The van der Waals surface area contributed by atoms with Gasteiger partial charge >= 0.3 is 0 Å². The zero-order valence-corrected chi connectivity index (χ0v) is 15.8. The van der Waals surface area contributed by atoms with E-state index in [1.54, 1.807) is 23.3 Å². The van der Waals surface area contributed by atoms with Gasteiger partial charge in [0.25, 0.3) is 0 Å². The molecule has 0 spiro atoms. The smallest absolute Gasteiger partial charge is 0.238 e. The Labute approximate surface area is 159 Å². The summed E-state index contributed by atoms with van der Waals surface area (Å²) in [7, 11) is 1.76. The number of nitrogens with zero attached hydrogens (tertiary/aromatic N) is 2. The Hall–Kier alpha value is -2.38. The lowest BCUT2D eigenvalue weighted by Crippen LogP contribution is -2.35. The Balaban J connectivity index is 1.42. The number of carbonyl (C=O) groups is 2. The van der Waals surface area contributed by atoms with Crippen molar-refractivity contribution in [2.75, 3.05) is 12.4 Å². The molecule has 3 aromatic rings. The molecule has 0 aliphatic carbocycles. The van der Waals surface area contributed by atoms with Gasteiger partial charge in [-0.3, -0.25) is 9.59 Å². The molecule has 0 fully saturated rings. The number of nitrogens with one attached hydrogen (secondary N) is 1. The SMILES string of the molecule is CN(Cc1nc2ccccc2s1)C(=O)C[C@@H]1Sc2ccccc2NC1=O. The predicted octanol–water partition coefficient (Wildman–Crippen LogP) is 3.76. The van der Waals surface area contributed by atoms with Gasteiger partial charge in [0.15, 0.2) is 0 Å². The van der Waals surface area contributed by atoms with Crippen LogP contribution in [0.2, 0.25) is 0 Å². The molecule has 26 heavy (non-hydrogen) atoms. The van der Waals surface area contributed by atoms with Crippen LogP contribution in [0.1, 0.15) is 11.4 Å². The molecule has 1 aromatic heterocycles. The van der Waals surface area contributed by atoms with E-state index in [0.29, 0.717) is 6.54 Å². The molecule has 0 unspecified atom stereocenters. The van der Waals surface area contributed by atoms with Gasteiger partial charge in [-0.25, -0.2) is 4.98 Å². The van der Waals surface area contributed by atoms with E-state index < -0.39 is 5.25 Å². The average Bonchev–Trinajstić information content (AvgIpc) is 3.04. The molecule has 2 aromatic carbocycles. The normalized spacial score (nSPS) is 16.2. The van der Waals surface area contributed by atoms with Crippen LogP contribution < -0.4 is 5.32 Å². The summed E-state index contributed by atoms with van der Waals surface area (Å²) in [6.45, 7) is 0.452. The number of amides is 2. The summed E-state index contributed by atoms with van der Waals surface area (Å²) < 4.78 is 1.11. The minimum Gasteiger partial charge on any atom is -0.339 e. The number of rotatable bonds is 4. The molecule has 2 heterocycles. The minimum absolute atomic E-state index is 0.0590. The molecule has 4 rings (SSSR count). The van der Waals surface area contributed by atoms with Crippen LogP contribution in [0.15, 0.2) is 53.4 Å². The van der Waals surface area contributed by atoms with E-state index in [-0.39, 0.29) is 18.2 Å². The zero-order chi connectivity index (χ0) is 18.1. The summed E-state index contributed by atoms with van der Waals surface area (Å²) in [5.41, 5.74) is 1.76. The zero-order valence-electron chi connectivity index (χ0n) is 14.1. The number of hydrogen-bond acceptors (Lipinski definition) is 5. The van der Waals surface area contributed by atoms with Crippen LogP contribution in [0.4, 0.5) is 5.69 Å². The molecule has 0 saturated carbocycles. The van der Waals surface area contributed by atoms with Gasteiger partial charge in [-0.15, -0.1) is 23.1 Å². The first-order valence-electron chi connectivity index (χ1n) is 8.25. The number of anilines is 1. The van der Waals surface area contributed by atoms with E-state index in [4.69, 9.17) is 0 Å². The van der Waals surface area contributed by atoms with Crippen molar-refractivity contribution in [3.63, 3.8) is 0 Å². The number of thioether (sulfide) groups is 1. The molecule has 1 aliphatic rings. The highest BCUT2D eigenvalue weighted by Crippen LogP contribution is 2.36. The van der Waals surface area contributed by atoms with Crippen molar-refractivity contribution in [2.45, 2.75) is 23.1 Å². The first kappa shape index (κ1) is 17.1. The molecule has 5 nitrogen and oxygen atoms in total. The van der Waals surface area contributed by atoms with E-state index in [1.165, 1.54) is 11.8 Å². The third-order valence-electron chi connectivity index (χ3n) is 4.20. The number of para-hydroxylation sites is 2. The summed E-state index contributed by atoms with van der Waals surface area (Å²) in [6, 6.07) is 15.6. The Morgan fingerprint density at radius 2 is 1.96 bits per heavy atom. The van der Waals surface area contributed by atoms with E-state index in [9.17, 15) is 9.59 Å². The molecular formula is C19H17N3O2S2. The lowest BCUT2D eigenvalue weighted by molar-refractivity contribution is -0.131. The quantitative estimate of drug-likeness (QED) is 0.745. The standard InChI is InChI=1S/C19H17N3O2S2/c1-22(11-17-20-12-6-2-5-9-15(12)26-17)18(23)10-16-19(24)21-13-7-3-4-8-14(13)25-16/h2-9,16H,10-11H2,1H3,(H,21,24)/t16-/m0/s1. The van der Waals surface area contributed by atoms with Crippen molar-refractivity contribution in [3.05, 3.63) is 53.5 Å². The Bertz CT molecular complexity index is 953. The van der Waals surface area contributed by atoms with Gasteiger partial charge in [-0.2, -0.15) is 0 Å². The second-order valence-corrected chi connectivity index (χ2v) is 8.48. The van der Waals surface area contributed by atoms with Crippen molar-refractivity contribution in [1.82, 2.24) is 9.88 Å². The highest BCUT2D eigenvalue weighted by molar-refractivity contribution is 8.01. The fraction of sp³-hybridized carbons (Fsp3) is 0.211. The van der Waals surface area contributed by atoms with Crippen LogP contribution in [0, 0.1) is 0 Å². The summed E-state index contributed by atoms with van der Waals surface area (Å²) in [5.74, 6) is -0.174. The summed E-state index contributed by atoms with van der Waals surface area (Å²) in [6.07, 6.45) is 0.173. The maximum atomic E-state index is 12.6. The molecule has 7 heteroatoms. The highest BCUT2D eigenvalue weighted by atomic mass is 32.2. The van der Waals surface area contributed by atoms with Crippen LogP contribution >= 0.6 is 23.1 Å². The lowest BCUT2D eigenvalue weighted by atomic mass is 10.2. The second kappa shape index (κ2) is 7.09. The monoisotopic (exact) mass is 383 g/mol. The number of thiazole rings is 1. The van der Waals surface area contributed by atoms with Crippen molar-refractivity contribution in [2.24, 2.45) is 0 Å². The molecule has 0 radical (unpaired) electrons. The van der Waals surface area contributed by atoms with Crippen LogP contribution in [0.3, 0.4) is 0 Å². The van der Waals surface area contributed by atoms with Gasteiger partial charge in [-0.1, -0.05) is 24.3 Å². The summed E-state index contributed by atoms with van der Waals surface area (Å²) >= 11 is 3.04. The Morgan fingerprint density at radius 3 is 2.81 bits per heavy atom. The number of fused-ring (bicyclic) bond motifs is 2. The van der Waals surface area contributed by atoms with Gasteiger partial charge in [0, 0.05) is 18.4 Å². The third-order valence-corrected chi connectivity index (χ3v) is 6.50. The number of carbonyl (C=O) groups excluding carboxylic acids is 2. The predicted molar refractivity (Wildman–Crippen MR) is 105 cm³/mol. The third kappa shape index (κ3) is 3.45. The average molecular weight is 383 g/mol. The Kier molecular flexibility index (Phi) is 4.65. The molecule has 1 atom stereocenters. The fourth-order valence-corrected chi connectivity index (χ4v) is 4.94. The molecule has 1 N–H and O–H groups in total. The van der Waals surface area contributed by atoms with Crippen LogP contribution in [0.25, 0.3) is 10.2 Å². The van der Waals surface area contributed by atoms with Crippen LogP contribution in [-0.2, 0) is 16.1 Å². The minimum atomic E-state index is -0.407. The van der Waals surface area contributed by atoms with Gasteiger partial charge in [-0.05, 0) is 24.3 Å². The van der Waals surface area contributed by atoms with E-state index >= 15 is 0 Å². The Morgan fingerprint density at radius 1 is 1.19 bits per heavy atom. The first-order valence-corrected chi connectivity index (χ1v) is 9.95. The number of aromatic nitrogens is 1. The fourth-order valence-electron chi connectivity index (χ4n) is 2.82. The highest BCUT2D eigenvalue weighted by Gasteiger charge is 2.29. The number of hydrogen-bond donors (Lipinski definition) is 1. The molecule has 132 valence electrons. The molecule has 2 amide bonds. The maximum Gasteiger partial charge on any atom is 0.238 e. The molecular weight excluding hydrogens is 366 g/mol. The van der Waals surface area contributed by atoms with Crippen molar-refractivity contribution in [3.8, 4) is 0 Å². The topological polar surface area (TPSA) is 62.3 Å². The number of benzene rings is 2. The first-order chi connectivity index (χ1) is 12.6. The van der Waals surface area contributed by atoms with Crippen LogP contribution in [0.5, 0.6) is 0 Å². The lowest BCUT2D eigenvalue weighted by Gasteiger charge is -2.25. The molecule has 0 bridgehead atoms. The largest absolute Gasteiger partial charge is 0.339 e. The van der Waals surface area contributed by atoms with E-state index in [1.807, 2.05) is 48.5 Å². The molecule has 0 saturated heterocycles. The van der Waals surface area contributed by atoms with Crippen molar-refractivity contribution in [1.29, 1.82) is 0 Å².